The van der Waals surface area contributed by atoms with Crippen molar-refractivity contribution in [3.05, 3.63) is 0 Å². The topological polar surface area (TPSA) is 84.9 Å². The van der Waals surface area contributed by atoms with Crippen LogP contribution in [0.5, 0.6) is 0 Å². The first-order valence-electron chi connectivity index (χ1n) is 10.4. The maximum atomic E-state index is 12.3. The average Bonchev–Trinajstić information content (AvgIpc) is 3.38. The maximum absolute atomic E-state index is 12.3. The van der Waals surface area contributed by atoms with Gasteiger partial charge in [0.15, 0.2) is 22.9 Å². The lowest BCUT2D eigenvalue weighted by Crippen LogP contribution is -2.54. The van der Waals surface area contributed by atoms with Crippen LogP contribution < -0.4 is 0 Å². The Hall–Kier alpha value is -0.810. The molecule has 1 spiro atoms. The monoisotopic (exact) mass is 413 g/mol. The minimum absolute atomic E-state index is 0.0444. The van der Waals surface area contributed by atoms with Gasteiger partial charge in [-0.3, -0.25) is 4.84 Å². The van der Waals surface area contributed by atoms with Gasteiger partial charge in [-0.1, -0.05) is 0 Å². The summed E-state index contributed by atoms with van der Waals surface area (Å²) in [4.78, 5) is 18.6. The molecule has 0 N–H and O–H groups in total. The predicted molar refractivity (Wildman–Crippen MR) is 97.3 cm³/mol. The fourth-order valence-electron chi connectivity index (χ4n) is 5.58. The van der Waals surface area contributed by atoms with Crippen molar-refractivity contribution >= 4 is 5.97 Å². The van der Waals surface area contributed by atoms with Gasteiger partial charge in [-0.25, -0.2) is 4.79 Å². The Balaban J connectivity index is 1.46. The summed E-state index contributed by atoms with van der Waals surface area (Å²) < 4.78 is 36.1. The van der Waals surface area contributed by atoms with E-state index in [-0.39, 0.29) is 36.4 Å². The molecule has 5 fully saturated rings. The van der Waals surface area contributed by atoms with Crippen LogP contribution in [0.1, 0.15) is 53.9 Å². The predicted octanol–water partition coefficient (Wildman–Crippen LogP) is 1.48. The van der Waals surface area contributed by atoms with Crippen LogP contribution in [-0.2, 0) is 38.1 Å². The molecule has 5 rings (SSSR count). The number of carbonyl (C=O) groups excluding carboxylic acids is 1. The van der Waals surface area contributed by atoms with Crippen LogP contribution in [-0.4, -0.2) is 78.1 Å². The van der Waals surface area contributed by atoms with Crippen molar-refractivity contribution in [1.82, 2.24) is 5.06 Å². The third kappa shape index (κ3) is 2.90. The minimum atomic E-state index is -1.03. The Kier molecular flexibility index (Phi) is 4.25. The molecular weight excluding hydrogens is 382 g/mol. The van der Waals surface area contributed by atoms with Crippen LogP contribution in [0.4, 0.5) is 0 Å². The van der Waals surface area contributed by atoms with E-state index in [1.165, 1.54) is 7.11 Å². The SMILES string of the molecule is COC(=O)[C@]1(C)C[C@@H]2CC[C@@]3(O[C@H]([C@H]4COC(C)(C)O4)[C@@H]4OC(C)(C)O[C@@H]43)N2O1. The second-order valence-corrected chi connectivity index (χ2v) is 9.85. The molecule has 0 unspecified atom stereocenters. The zero-order valence-corrected chi connectivity index (χ0v) is 17.9. The highest BCUT2D eigenvalue weighted by Crippen LogP contribution is 2.56. The molecule has 0 radical (unpaired) electrons. The number of esters is 1. The Morgan fingerprint density at radius 3 is 2.41 bits per heavy atom. The van der Waals surface area contributed by atoms with E-state index in [0.717, 1.165) is 12.8 Å². The highest BCUT2D eigenvalue weighted by molar-refractivity contribution is 5.79. The lowest BCUT2D eigenvalue weighted by atomic mass is 9.96. The highest BCUT2D eigenvalue weighted by Gasteiger charge is 2.72. The van der Waals surface area contributed by atoms with Gasteiger partial charge in [0.05, 0.1) is 13.7 Å². The molecule has 9 nitrogen and oxygen atoms in total. The molecule has 5 aliphatic rings. The third-order valence-electron chi connectivity index (χ3n) is 6.72. The summed E-state index contributed by atoms with van der Waals surface area (Å²) in [5.41, 5.74) is -1.87. The molecule has 0 bridgehead atoms. The van der Waals surface area contributed by atoms with Crippen molar-refractivity contribution in [2.45, 2.75) is 107 Å². The summed E-state index contributed by atoms with van der Waals surface area (Å²) >= 11 is 0. The van der Waals surface area contributed by atoms with Crippen molar-refractivity contribution in [2.24, 2.45) is 0 Å². The molecule has 5 saturated heterocycles. The number of fused-ring (bicyclic) bond motifs is 4. The molecular formula is C20H31NO8. The van der Waals surface area contributed by atoms with Crippen LogP contribution in [0.25, 0.3) is 0 Å². The minimum Gasteiger partial charge on any atom is -0.467 e. The van der Waals surface area contributed by atoms with E-state index < -0.39 is 22.9 Å². The van der Waals surface area contributed by atoms with E-state index in [1.807, 2.05) is 32.8 Å². The Labute approximate surface area is 170 Å². The second-order valence-electron chi connectivity index (χ2n) is 9.85. The number of carbonyl (C=O) groups is 1. The molecule has 164 valence electrons. The van der Waals surface area contributed by atoms with Crippen LogP contribution in [0.3, 0.4) is 0 Å². The van der Waals surface area contributed by atoms with Crippen molar-refractivity contribution in [3.63, 3.8) is 0 Å². The number of rotatable bonds is 2. The normalized spacial score (nSPS) is 50.2. The Morgan fingerprint density at radius 2 is 1.76 bits per heavy atom. The summed E-state index contributed by atoms with van der Waals surface area (Å²) in [5, 5.41) is 1.84. The quantitative estimate of drug-likeness (QED) is 0.625. The van der Waals surface area contributed by atoms with E-state index >= 15 is 0 Å². The molecule has 9 heteroatoms. The number of hydrogen-bond donors (Lipinski definition) is 0. The highest BCUT2D eigenvalue weighted by atomic mass is 16.8. The molecule has 0 aromatic heterocycles. The van der Waals surface area contributed by atoms with Gasteiger partial charge >= 0.3 is 5.97 Å². The Bertz CT molecular complexity index is 713. The largest absolute Gasteiger partial charge is 0.467 e. The number of methoxy groups -OCH3 is 1. The van der Waals surface area contributed by atoms with Crippen molar-refractivity contribution in [1.29, 1.82) is 0 Å². The first kappa shape index (κ1) is 20.1. The number of hydroxylamine groups is 2. The lowest BCUT2D eigenvalue weighted by molar-refractivity contribution is -0.336. The molecule has 5 aliphatic heterocycles. The van der Waals surface area contributed by atoms with Crippen molar-refractivity contribution < 1.29 is 38.1 Å². The van der Waals surface area contributed by atoms with Crippen LogP contribution in [0.15, 0.2) is 0 Å². The molecule has 5 heterocycles. The van der Waals surface area contributed by atoms with Gasteiger partial charge in [-0.2, -0.15) is 5.06 Å². The van der Waals surface area contributed by atoms with Gasteiger partial charge in [-0.05, 0) is 47.5 Å². The summed E-state index contributed by atoms with van der Waals surface area (Å²) in [5.74, 6) is -1.80. The number of ether oxygens (including phenoxy) is 6. The van der Waals surface area contributed by atoms with Crippen molar-refractivity contribution in [3.8, 4) is 0 Å². The third-order valence-corrected chi connectivity index (χ3v) is 6.72. The van der Waals surface area contributed by atoms with Gasteiger partial charge < -0.3 is 28.4 Å². The summed E-state index contributed by atoms with van der Waals surface area (Å²) in [6.07, 6.45) is 0.786. The fourth-order valence-corrected chi connectivity index (χ4v) is 5.58. The van der Waals surface area contributed by atoms with Crippen LogP contribution in [0.2, 0.25) is 0 Å². The van der Waals surface area contributed by atoms with E-state index in [4.69, 9.17) is 33.3 Å². The molecule has 0 aliphatic carbocycles. The zero-order chi connectivity index (χ0) is 20.8. The van der Waals surface area contributed by atoms with Gasteiger partial charge in [0.1, 0.15) is 24.4 Å². The number of nitrogens with zero attached hydrogens (tertiary/aromatic N) is 1. The molecule has 7 atom stereocenters. The van der Waals surface area contributed by atoms with Crippen LogP contribution in [0, 0.1) is 0 Å². The van der Waals surface area contributed by atoms with E-state index in [2.05, 4.69) is 0 Å². The van der Waals surface area contributed by atoms with Gasteiger partial charge in [-0.15, -0.1) is 0 Å². The van der Waals surface area contributed by atoms with E-state index in [1.54, 1.807) is 6.92 Å². The molecule has 0 saturated carbocycles. The molecule has 29 heavy (non-hydrogen) atoms. The molecule has 0 aromatic rings. The first-order valence-corrected chi connectivity index (χ1v) is 10.4. The smallest absolute Gasteiger partial charge is 0.340 e. The van der Waals surface area contributed by atoms with Crippen molar-refractivity contribution in [2.75, 3.05) is 13.7 Å². The molecule has 0 aromatic carbocycles. The summed E-state index contributed by atoms with van der Waals surface area (Å²) in [6, 6.07) is 0.0444. The van der Waals surface area contributed by atoms with Crippen LogP contribution >= 0.6 is 0 Å². The Morgan fingerprint density at radius 1 is 1.00 bits per heavy atom. The standard InChI is InChI=1S/C20H31NO8/c1-17(2)24-10-12(25-17)13-14-15(28-18(3,4)26-14)20(27-13)8-7-11-9-19(5,16(22)23-6)29-21(11)20/h11-15H,7-10H2,1-6H3/t11-,12+,13+,14-,15-,19-,20-/m0/s1. The van der Waals surface area contributed by atoms with E-state index in [9.17, 15) is 4.79 Å². The summed E-state index contributed by atoms with van der Waals surface area (Å²) in [6.45, 7) is 9.78. The van der Waals surface area contributed by atoms with Gasteiger partial charge in [0.2, 0.25) is 0 Å². The zero-order valence-electron chi connectivity index (χ0n) is 17.9. The van der Waals surface area contributed by atoms with Gasteiger partial charge in [0, 0.05) is 12.5 Å². The fraction of sp³-hybridized carbons (Fsp3) is 0.950. The average molecular weight is 413 g/mol. The lowest BCUT2D eigenvalue weighted by Gasteiger charge is -2.38. The summed E-state index contributed by atoms with van der Waals surface area (Å²) in [7, 11) is 1.38. The first-order chi connectivity index (χ1) is 13.5. The molecule has 0 amide bonds. The number of hydrogen-bond acceptors (Lipinski definition) is 9. The van der Waals surface area contributed by atoms with E-state index in [0.29, 0.717) is 13.0 Å². The maximum Gasteiger partial charge on any atom is 0.340 e. The second kappa shape index (κ2) is 6.12. The van der Waals surface area contributed by atoms with Gasteiger partial charge in [0.25, 0.3) is 0 Å².